The minimum absolute atomic E-state index is 0.211. The van der Waals surface area contributed by atoms with Crippen molar-refractivity contribution in [2.24, 2.45) is 0 Å². The number of ether oxygens (including phenoxy) is 1. The van der Waals surface area contributed by atoms with Crippen molar-refractivity contribution in [2.75, 3.05) is 11.4 Å². The number of hydrogen-bond acceptors (Lipinski definition) is 3. The molecule has 0 unspecified atom stereocenters. The summed E-state index contributed by atoms with van der Waals surface area (Å²) in [6.07, 6.45) is 0. The Morgan fingerprint density at radius 3 is 2.19 bits per heavy atom. The number of esters is 1. The lowest BCUT2D eigenvalue weighted by molar-refractivity contribution is -0.152. The van der Waals surface area contributed by atoms with Crippen LogP contribution in [0.3, 0.4) is 0 Å². The van der Waals surface area contributed by atoms with Crippen molar-refractivity contribution < 1.29 is 27.5 Å². The van der Waals surface area contributed by atoms with Crippen LogP contribution in [0.2, 0.25) is 0 Å². The standard InChI is InChI=1S/C19H17BrF3NO3/c1-19(2,3)27-16(25)10-24(13-6-4-5-11(20)7-13)18(26)17-14(22)8-12(21)9-15(17)23/h4-9H,10H2,1-3H3. The smallest absolute Gasteiger partial charge is 0.326 e. The van der Waals surface area contributed by atoms with E-state index in [1.54, 1.807) is 32.9 Å². The highest BCUT2D eigenvalue weighted by Gasteiger charge is 2.29. The predicted octanol–water partition coefficient (Wildman–Crippen LogP) is 4.85. The molecule has 0 atom stereocenters. The van der Waals surface area contributed by atoms with E-state index >= 15 is 0 Å². The van der Waals surface area contributed by atoms with Gasteiger partial charge >= 0.3 is 5.97 Å². The highest BCUT2D eigenvalue weighted by molar-refractivity contribution is 9.10. The summed E-state index contributed by atoms with van der Waals surface area (Å²) in [5, 5.41) is 0. The zero-order chi connectivity index (χ0) is 20.4. The lowest BCUT2D eigenvalue weighted by Gasteiger charge is -2.25. The van der Waals surface area contributed by atoms with E-state index in [0.29, 0.717) is 16.6 Å². The Morgan fingerprint density at radius 1 is 1.07 bits per heavy atom. The van der Waals surface area contributed by atoms with E-state index in [9.17, 15) is 22.8 Å². The van der Waals surface area contributed by atoms with Crippen molar-refractivity contribution in [1.82, 2.24) is 0 Å². The molecule has 2 aromatic carbocycles. The molecule has 0 radical (unpaired) electrons. The van der Waals surface area contributed by atoms with Crippen LogP contribution in [-0.4, -0.2) is 24.0 Å². The molecule has 0 aliphatic carbocycles. The molecule has 0 aromatic heterocycles. The largest absolute Gasteiger partial charge is 0.459 e. The van der Waals surface area contributed by atoms with E-state index in [1.165, 1.54) is 12.1 Å². The number of amides is 1. The van der Waals surface area contributed by atoms with Gasteiger partial charge in [0.15, 0.2) is 0 Å². The topological polar surface area (TPSA) is 46.6 Å². The van der Waals surface area contributed by atoms with Crippen LogP contribution in [0.4, 0.5) is 18.9 Å². The quantitative estimate of drug-likeness (QED) is 0.634. The molecule has 27 heavy (non-hydrogen) atoms. The molecule has 0 saturated heterocycles. The highest BCUT2D eigenvalue weighted by atomic mass is 79.9. The average molecular weight is 444 g/mol. The van der Waals surface area contributed by atoms with Crippen LogP contribution in [0, 0.1) is 17.5 Å². The number of hydrogen-bond donors (Lipinski definition) is 0. The van der Waals surface area contributed by atoms with Gasteiger partial charge in [0.25, 0.3) is 5.91 Å². The number of carbonyl (C=O) groups is 2. The van der Waals surface area contributed by atoms with Gasteiger partial charge in [-0.2, -0.15) is 0 Å². The number of anilines is 1. The number of benzene rings is 2. The molecule has 8 heteroatoms. The molecule has 2 rings (SSSR count). The molecule has 0 spiro atoms. The Morgan fingerprint density at radius 2 is 1.67 bits per heavy atom. The van der Waals surface area contributed by atoms with Crippen LogP contribution in [0.25, 0.3) is 0 Å². The summed E-state index contributed by atoms with van der Waals surface area (Å²) >= 11 is 3.24. The summed E-state index contributed by atoms with van der Waals surface area (Å²) < 4.78 is 47.1. The molecule has 0 fully saturated rings. The molecular weight excluding hydrogens is 427 g/mol. The lowest BCUT2D eigenvalue weighted by atomic mass is 10.1. The Kier molecular flexibility index (Phi) is 6.30. The van der Waals surface area contributed by atoms with Gasteiger partial charge in [-0.1, -0.05) is 22.0 Å². The Bertz CT molecular complexity index is 858. The molecule has 0 aliphatic rings. The van der Waals surface area contributed by atoms with Crippen molar-refractivity contribution in [3.05, 3.63) is 63.9 Å². The summed E-state index contributed by atoms with van der Waals surface area (Å²) in [5.74, 6) is -5.77. The van der Waals surface area contributed by atoms with Crippen LogP contribution >= 0.6 is 15.9 Å². The van der Waals surface area contributed by atoms with Gasteiger partial charge in [0.1, 0.15) is 35.2 Å². The first-order chi connectivity index (χ1) is 12.5. The van der Waals surface area contributed by atoms with E-state index < -0.39 is 47.0 Å². The monoisotopic (exact) mass is 443 g/mol. The second-order valence-electron chi connectivity index (χ2n) is 6.70. The zero-order valence-electron chi connectivity index (χ0n) is 14.9. The maximum atomic E-state index is 14.1. The molecule has 2 aromatic rings. The Balaban J connectivity index is 2.46. The summed E-state index contributed by atoms with van der Waals surface area (Å²) in [7, 11) is 0. The summed E-state index contributed by atoms with van der Waals surface area (Å²) in [5.41, 5.74) is -1.56. The van der Waals surface area contributed by atoms with Gasteiger partial charge in [-0.25, -0.2) is 13.2 Å². The van der Waals surface area contributed by atoms with E-state index in [1.807, 2.05) is 0 Å². The van der Waals surface area contributed by atoms with Crippen molar-refractivity contribution in [3.63, 3.8) is 0 Å². The fraction of sp³-hybridized carbons (Fsp3) is 0.263. The molecule has 0 bridgehead atoms. The maximum absolute atomic E-state index is 14.1. The molecule has 144 valence electrons. The molecule has 4 nitrogen and oxygen atoms in total. The normalized spacial score (nSPS) is 11.2. The van der Waals surface area contributed by atoms with Crippen molar-refractivity contribution >= 4 is 33.5 Å². The first-order valence-electron chi connectivity index (χ1n) is 7.92. The van der Waals surface area contributed by atoms with Crippen LogP contribution in [0.15, 0.2) is 40.9 Å². The van der Waals surface area contributed by atoms with Gasteiger partial charge in [0.2, 0.25) is 0 Å². The van der Waals surface area contributed by atoms with Gasteiger partial charge < -0.3 is 4.74 Å². The second kappa shape index (κ2) is 8.12. The van der Waals surface area contributed by atoms with Crippen LogP contribution < -0.4 is 4.90 Å². The maximum Gasteiger partial charge on any atom is 0.326 e. The minimum Gasteiger partial charge on any atom is -0.459 e. The molecule has 1 amide bonds. The van der Waals surface area contributed by atoms with Crippen molar-refractivity contribution in [2.45, 2.75) is 26.4 Å². The summed E-state index contributed by atoms with van der Waals surface area (Å²) in [6, 6.07) is 7.07. The third kappa shape index (κ3) is 5.56. The van der Waals surface area contributed by atoms with E-state index in [2.05, 4.69) is 15.9 Å². The summed E-state index contributed by atoms with van der Waals surface area (Å²) in [6.45, 7) is 4.36. The number of nitrogens with zero attached hydrogens (tertiary/aromatic N) is 1. The van der Waals surface area contributed by atoms with Gasteiger partial charge in [0, 0.05) is 22.3 Å². The van der Waals surface area contributed by atoms with Gasteiger partial charge in [0.05, 0.1) is 0 Å². The second-order valence-corrected chi connectivity index (χ2v) is 7.62. The minimum atomic E-state index is -1.36. The molecule has 0 heterocycles. The molecule has 0 saturated carbocycles. The Hall–Kier alpha value is -2.35. The fourth-order valence-electron chi connectivity index (χ4n) is 2.31. The lowest BCUT2D eigenvalue weighted by Crippen LogP contribution is -2.39. The third-order valence-corrected chi connectivity index (χ3v) is 3.79. The van der Waals surface area contributed by atoms with Crippen molar-refractivity contribution in [1.29, 1.82) is 0 Å². The first kappa shape index (κ1) is 21.0. The third-order valence-electron chi connectivity index (χ3n) is 3.29. The van der Waals surface area contributed by atoms with Crippen molar-refractivity contribution in [3.8, 4) is 0 Å². The number of rotatable bonds is 4. The van der Waals surface area contributed by atoms with Crippen LogP contribution in [-0.2, 0) is 9.53 Å². The molecular formula is C19H17BrF3NO3. The van der Waals surface area contributed by atoms with Crippen LogP contribution in [0.5, 0.6) is 0 Å². The number of carbonyl (C=O) groups excluding carboxylic acids is 2. The average Bonchev–Trinajstić information content (AvgIpc) is 2.49. The molecule has 0 N–H and O–H groups in total. The number of halogens is 4. The first-order valence-corrected chi connectivity index (χ1v) is 8.71. The summed E-state index contributed by atoms with van der Waals surface area (Å²) in [4.78, 5) is 25.9. The SMILES string of the molecule is CC(C)(C)OC(=O)CN(C(=O)c1c(F)cc(F)cc1F)c1cccc(Br)c1. The van der Waals surface area contributed by atoms with Crippen LogP contribution in [0.1, 0.15) is 31.1 Å². The van der Waals surface area contributed by atoms with E-state index in [0.717, 1.165) is 4.90 Å². The molecule has 0 aliphatic heterocycles. The van der Waals surface area contributed by atoms with Gasteiger partial charge in [-0.3, -0.25) is 14.5 Å². The van der Waals surface area contributed by atoms with E-state index in [-0.39, 0.29) is 5.69 Å². The van der Waals surface area contributed by atoms with Gasteiger partial charge in [-0.15, -0.1) is 0 Å². The fourth-order valence-corrected chi connectivity index (χ4v) is 2.70. The predicted molar refractivity (Wildman–Crippen MR) is 98.0 cm³/mol. The van der Waals surface area contributed by atoms with Gasteiger partial charge in [-0.05, 0) is 39.0 Å². The Labute approximate surface area is 163 Å². The zero-order valence-corrected chi connectivity index (χ0v) is 16.4. The van der Waals surface area contributed by atoms with E-state index in [4.69, 9.17) is 4.74 Å². The highest BCUT2D eigenvalue weighted by Crippen LogP contribution is 2.25.